The van der Waals surface area contributed by atoms with Gasteiger partial charge < -0.3 is 5.73 Å². The summed E-state index contributed by atoms with van der Waals surface area (Å²) < 4.78 is 27.9. The molecular weight excluding hydrogens is 262 g/mol. The molecule has 0 spiro atoms. The first-order chi connectivity index (χ1) is 7.42. The summed E-state index contributed by atoms with van der Waals surface area (Å²) >= 11 is 0. The zero-order chi connectivity index (χ0) is 12.2. The van der Waals surface area contributed by atoms with E-state index >= 15 is 0 Å². The molecule has 0 aromatic carbocycles. The molecule has 2 unspecified atom stereocenters. The first-order valence-electron chi connectivity index (χ1n) is 5.92. The van der Waals surface area contributed by atoms with Crippen LogP contribution in [0.3, 0.4) is 0 Å². The normalized spacial score (nSPS) is 24.1. The Labute approximate surface area is 111 Å². The summed E-state index contributed by atoms with van der Waals surface area (Å²) in [4.78, 5) is 0. The SMILES string of the molecule is CC(N)CCNS(=O)(=O)N1CCCC(C)C1.Cl. The van der Waals surface area contributed by atoms with Gasteiger partial charge >= 0.3 is 0 Å². The number of nitrogens with one attached hydrogen (secondary N) is 1. The molecule has 0 bridgehead atoms. The summed E-state index contributed by atoms with van der Waals surface area (Å²) in [7, 11) is -3.28. The second-order valence-corrected chi connectivity index (χ2v) is 6.53. The van der Waals surface area contributed by atoms with Crippen LogP contribution in [0.2, 0.25) is 0 Å². The fraction of sp³-hybridized carbons (Fsp3) is 1.00. The number of hydrogen-bond donors (Lipinski definition) is 2. The number of nitrogens with zero attached hydrogens (tertiary/aromatic N) is 1. The third-order valence-corrected chi connectivity index (χ3v) is 4.42. The lowest BCUT2D eigenvalue weighted by atomic mass is 10.0. The van der Waals surface area contributed by atoms with Gasteiger partial charge in [0.25, 0.3) is 10.2 Å². The quantitative estimate of drug-likeness (QED) is 0.781. The molecule has 5 nitrogen and oxygen atoms in total. The third kappa shape index (κ3) is 6.01. The average Bonchev–Trinajstić information content (AvgIpc) is 2.16. The molecule has 0 aromatic heterocycles. The van der Waals surface area contributed by atoms with Gasteiger partial charge in [0.2, 0.25) is 0 Å². The van der Waals surface area contributed by atoms with Gasteiger partial charge in [-0.25, -0.2) is 4.72 Å². The van der Waals surface area contributed by atoms with Crippen molar-refractivity contribution >= 4 is 22.6 Å². The van der Waals surface area contributed by atoms with E-state index in [1.165, 1.54) is 0 Å². The molecule has 7 heteroatoms. The van der Waals surface area contributed by atoms with Crippen molar-refractivity contribution in [2.45, 2.75) is 39.2 Å². The Bertz CT molecular complexity index is 309. The molecule has 0 saturated carbocycles. The first kappa shape index (κ1) is 17.1. The van der Waals surface area contributed by atoms with Crippen LogP contribution in [0.5, 0.6) is 0 Å². The lowest BCUT2D eigenvalue weighted by molar-refractivity contribution is 0.278. The zero-order valence-corrected chi connectivity index (χ0v) is 12.2. The molecule has 1 saturated heterocycles. The lowest BCUT2D eigenvalue weighted by Crippen LogP contribution is -2.46. The van der Waals surface area contributed by atoms with E-state index in [9.17, 15) is 8.42 Å². The molecule has 1 heterocycles. The Hall–Kier alpha value is 0.120. The van der Waals surface area contributed by atoms with Crippen LogP contribution in [0.4, 0.5) is 0 Å². The summed E-state index contributed by atoms with van der Waals surface area (Å²) in [5.74, 6) is 0.457. The lowest BCUT2D eigenvalue weighted by Gasteiger charge is -2.30. The average molecular weight is 286 g/mol. The van der Waals surface area contributed by atoms with Gasteiger partial charge in [-0.15, -0.1) is 12.4 Å². The number of rotatable bonds is 5. The maximum atomic E-state index is 11.9. The Balaban J connectivity index is 0.00000256. The van der Waals surface area contributed by atoms with E-state index in [1.54, 1.807) is 4.31 Å². The van der Waals surface area contributed by atoms with Crippen molar-refractivity contribution in [3.63, 3.8) is 0 Å². The second-order valence-electron chi connectivity index (χ2n) is 4.77. The summed E-state index contributed by atoms with van der Waals surface area (Å²) in [6.07, 6.45) is 2.74. The molecule has 1 rings (SSSR count). The van der Waals surface area contributed by atoms with Gasteiger partial charge in [0, 0.05) is 25.7 Å². The number of piperidine rings is 1. The molecule has 0 aliphatic carbocycles. The largest absolute Gasteiger partial charge is 0.328 e. The van der Waals surface area contributed by atoms with Crippen molar-refractivity contribution in [3.05, 3.63) is 0 Å². The van der Waals surface area contributed by atoms with Gasteiger partial charge in [0.1, 0.15) is 0 Å². The second kappa shape index (κ2) is 7.53. The van der Waals surface area contributed by atoms with Gasteiger partial charge in [-0.05, 0) is 32.1 Å². The molecule has 3 N–H and O–H groups in total. The highest BCUT2D eigenvalue weighted by molar-refractivity contribution is 7.87. The minimum absolute atomic E-state index is 0. The maximum Gasteiger partial charge on any atom is 0.279 e. The van der Waals surface area contributed by atoms with Crippen molar-refractivity contribution in [2.75, 3.05) is 19.6 Å². The van der Waals surface area contributed by atoms with Gasteiger partial charge in [-0.3, -0.25) is 0 Å². The Morgan fingerprint density at radius 3 is 2.71 bits per heavy atom. The minimum atomic E-state index is -3.28. The van der Waals surface area contributed by atoms with E-state index in [2.05, 4.69) is 11.6 Å². The topological polar surface area (TPSA) is 75.4 Å². The standard InChI is InChI=1S/C10H23N3O2S.ClH/c1-9-4-3-7-13(8-9)16(14,15)12-6-5-10(2)11;/h9-10,12H,3-8,11H2,1-2H3;1H. The van der Waals surface area contributed by atoms with E-state index in [-0.39, 0.29) is 18.4 Å². The van der Waals surface area contributed by atoms with Crippen LogP contribution in [-0.4, -0.2) is 38.4 Å². The molecule has 104 valence electrons. The first-order valence-corrected chi connectivity index (χ1v) is 7.36. The highest BCUT2D eigenvalue weighted by atomic mass is 35.5. The maximum absolute atomic E-state index is 11.9. The summed E-state index contributed by atoms with van der Waals surface area (Å²) in [6.45, 7) is 5.65. The van der Waals surface area contributed by atoms with Crippen LogP contribution in [0.25, 0.3) is 0 Å². The molecule has 17 heavy (non-hydrogen) atoms. The van der Waals surface area contributed by atoms with Crippen molar-refractivity contribution < 1.29 is 8.42 Å². The molecule has 1 aliphatic rings. The number of halogens is 1. The van der Waals surface area contributed by atoms with E-state index in [4.69, 9.17) is 5.73 Å². The molecule has 0 amide bonds. The minimum Gasteiger partial charge on any atom is -0.328 e. The van der Waals surface area contributed by atoms with Gasteiger partial charge in [-0.1, -0.05) is 6.92 Å². The summed E-state index contributed by atoms with van der Waals surface area (Å²) in [5.41, 5.74) is 5.57. The molecular formula is C10H24ClN3O2S. The van der Waals surface area contributed by atoms with Crippen LogP contribution < -0.4 is 10.5 Å². The monoisotopic (exact) mass is 285 g/mol. The van der Waals surface area contributed by atoms with Crippen LogP contribution in [-0.2, 0) is 10.2 Å². The zero-order valence-electron chi connectivity index (χ0n) is 10.6. The van der Waals surface area contributed by atoms with E-state index < -0.39 is 10.2 Å². The third-order valence-electron chi connectivity index (χ3n) is 2.84. The van der Waals surface area contributed by atoms with Crippen LogP contribution >= 0.6 is 12.4 Å². The van der Waals surface area contributed by atoms with Crippen molar-refractivity contribution in [1.29, 1.82) is 0 Å². The Morgan fingerprint density at radius 2 is 2.18 bits per heavy atom. The van der Waals surface area contributed by atoms with E-state index in [1.807, 2.05) is 6.92 Å². The van der Waals surface area contributed by atoms with Crippen molar-refractivity contribution in [3.8, 4) is 0 Å². The van der Waals surface area contributed by atoms with Crippen LogP contribution in [0.15, 0.2) is 0 Å². The fourth-order valence-electron chi connectivity index (χ4n) is 1.87. The van der Waals surface area contributed by atoms with Crippen molar-refractivity contribution in [2.24, 2.45) is 11.7 Å². The van der Waals surface area contributed by atoms with E-state index in [0.717, 1.165) is 12.8 Å². The molecule has 0 aromatic rings. The number of hydrogen-bond acceptors (Lipinski definition) is 3. The Kier molecular flexibility index (Phi) is 7.58. The summed E-state index contributed by atoms with van der Waals surface area (Å²) in [6, 6.07) is 0.0305. The predicted octanol–water partition coefficient (Wildman–Crippen LogP) is 0.712. The van der Waals surface area contributed by atoms with Gasteiger partial charge in [0.05, 0.1) is 0 Å². The molecule has 0 radical (unpaired) electrons. The van der Waals surface area contributed by atoms with Gasteiger partial charge in [0.15, 0.2) is 0 Å². The number of nitrogens with two attached hydrogens (primary N) is 1. The smallest absolute Gasteiger partial charge is 0.279 e. The predicted molar refractivity (Wildman–Crippen MR) is 72.4 cm³/mol. The molecule has 2 atom stereocenters. The highest BCUT2D eigenvalue weighted by Crippen LogP contribution is 2.17. The van der Waals surface area contributed by atoms with Crippen molar-refractivity contribution in [1.82, 2.24) is 9.03 Å². The van der Waals surface area contributed by atoms with Crippen LogP contribution in [0, 0.1) is 5.92 Å². The fourth-order valence-corrected chi connectivity index (χ4v) is 3.25. The summed E-state index contributed by atoms with van der Waals surface area (Å²) in [5, 5.41) is 0. The van der Waals surface area contributed by atoms with Gasteiger partial charge in [-0.2, -0.15) is 12.7 Å². The molecule has 1 aliphatic heterocycles. The Morgan fingerprint density at radius 1 is 1.53 bits per heavy atom. The molecule has 1 fully saturated rings. The van der Waals surface area contributed by atoms with Crippen LogP contribution in [0.1, 0.15) is 33.1 Å². The highest BCUT2D eigenvalue weighted by Gasteiger charge is 2.26. The van der Waals surface area contributed by atoms with E-state index in [0.29, 0.717) is 32.0 Å².